The van der Waals surface area contributed by atoms with Crippen LogP contribution < -0.4 is 10.6 Å². The Labute approximate surface area is 93.7 Å². The van der Waals surface area contributed by atoms with Crippen LogP contribution in [0.25, 0.3) is 0 Å². The molecule has 1 aliphatic heterocycles. The fraction of sp³-hybridized carbons (Fsp3) is 0.900. The molecule has 0 aromatic heterocycles. The van der Waals surface area contributed by atoms with Crippen molar-refractivity contribution in [3.8, 4) is 0 Å². The topological polar surface area (TPSA) is 58.2 Å². The molecule has 4 nitrogen and oxygen atoms in total. The molecule has 0 aromatic carbocycles. The monoisotopic (exact) mass is 232 g/mol. The normalized spacial score (nSPS) is 28.4. The van der Waals surface area contributed by atoms with Gasteiger partial charge in [0.15, 0.2) is 0 Å². The minimum absolute atomic E-state index is 0.00224. The van der Waals surface area contributed by atoms with Gasteiger partial charge in [-0.1, -0.05) is 6.92 Å². The Hall–Kier alpha value is -0.420. The SMILES string of the molecule is CNCC(C)C(=O)NC1CCS(=O)CC1. The molecule has 88 valence electrons. The number of hydrogen-bond donors (Lipinski definition) is 2. The first kappa shape index (κ1) is 12.6. The lowest BCUT2D eigenvalue weighted by molar-refractivity contribution is -0.125. The van der Waals surface area contributed by atoms with Crippen molar-refractivity contribution >= 4 is 16.7 Å². The van der Waals surface area contributed by atoms with E-state index in [-0.39, 0.29) is 17.9 Å². The molecule has 0 saturated carbocycles. The van der Waals surface area contributed by atoms with Gasteiger partial charge in [0.25, 0.3) is 0 Å². The van der Waals surface area contributed by atoms with Gasteiger partial charge < -0.3 is 10.6 Å². The Balaban J connectivity index is 2.28. The van der Waals surface area contributed by atoms with Crippen LogP contribution in [0.4, 0.5) is 0 Å². The molecule has 1 saturated heterocycles. The highest BCUT2D eigenvalue weighted by molar-refractivity contribution is 7.85. The lowest BCUT2D eigenvalue weighted by Crippen LogP contribution is -2.43. The van der Waals surface area contributed by atoms with Crippen LogP contribution in [0.1, 0.15) is 19.8 Å². The maximum Gasteiger partial charge on any atom is 0.224 e. The molecule has 1 heterocycles. The summed E-state index contributed by atoms with van der Waals surface area (Å²) in [4.78, 5) is 11.7. The second-order valence-corrected chi connectivity index (χ2v) is 5.79. The third-order valence-electron chi connectivity index (χ3n) is 2.69. The second-order valence-electron chi connectivity index (χ2n) is 4.09. The standard InChI is InChI=1S/C10H20N2O2S/c1-8(7-11-2)10(13)12-9-3-5-15(14)6-4-9/h8-9,11H,3-7H2,1-2H3,(H,12,13). The van der Waals surface area contributed by atoms with Crippen molar-refractivity contribution in [2.45, 2.75) is 25.8 Å². The third kappa shape index (κ3) is 4.30. The molecule has 15 heavy (non-hydrogen) atoms. The van der Waals surface area contributed by atoms with Crippen LogP contribution >= 0.6 is 0 Å². The van der Waals surface area contributed by atoms with Crippen LogP contribution in [0.2, 0.25) is 0 Å². The first-order chi connectivity index (χ1) is 7.13. The van der Waals surface area contributed by atoms with Crippen molar-refractivity contribution in [2.75, 3.05) is 25.1 Å². The summed E-state index contributed by atoms with van der Waals surface area (Å²) >= 11 is 0. The van der Waals surface area contributed by atoms with Crippen LogP contribution in [0, 0.1) is 5.92 Å². The molecule has 1 unspecified atom stereocenters. The van der Waals surface area contributed by atoms with Crippen molar-refractivity contribution in [1.82, 2.24) is 10.6 Å². The van der Waals surface area contributed by atoms with E-state index in [1.807, 2.05) is 14.0 Å². The zero-order chi connectivity index (χ0) is 11.3. The summed E-state index contributed by atoms with van der Waals surface area (Å²) in [5, 5.41) is 5.99. The lowest BCUT2D eigenvalue weighted by Gasteiger charge is -2.24. The zero-order valence-electron chi connectivity index (χ0n) is 9.41. The molecular formula is C10H20N2O2S. The molecule has 0 aliphatic carbocycles. The van der Waals surface area contributed by atoms with Crippen molar-refractivity contribution in [1.29, 1.82) is 0 Å². The van der Waals surface area contributed by atoms with E-state index >= 15 is 0 Å². The minimum atomic E-state index is -0.653. The summed E-state index contributed by atoms with van der Waals surface area (Å²) in [7, 11) is 1.19. The van der Waals surface area contributed by atoms with Crippen LogP contribution in [0.3, 0.4) is 0 Å². The maximum atomic E-state index is 11.7. The van der Waals surface area contributed by atoms with E-state index in [2.05, 4.69) is 10.6 Å². The molecule has 0 spiro atoms. The van der Waals surface area contributed by atoms with E-state index in [1.165, 1.54) is 0 Å². The van der Waals surface area contributed by atoms with Gasteiger partial charge in [-0.3, -0.25) is 9.00 Å². The van der Waals surface area contributed by atoms with Crippen molar-refractivity contribution in [3.63, 3.8) is 0 Å². The van der Waals surface area contributed by atoms with Crippen molar-refractivity contribution in [3.05, 3.63) is 0 Å². The van der Waals surface area contributed by atoms with Gasteiger partial charge in [0.1, 0.15) is 0 Å². The molecule has 0 radical (unpaired) electrons. The van der Waals surface area contributed by atoms with E-state index in [0.29, 0.717) is 6.54 Å². The second kappa shape index (κ2) is 6.23. The van der Waals surface area contributed by atoms with E-state index in [4.69, 9.17) is 0 Å². The average Bonchev–Trinajstić information content (AvgIpc) is 2.22. The highest BCUT2D eigenvalue weighted by Crippen LogP contribution is 2.09. The molecule has 1 amide bonds. The van der Waals surface area contributed by atoms with E-state index in [1.54, 1.807) is 0 Å². The first-order valence-electron chi connectivity index (χ1n) is 5.43. The van der Waals surface area contributed by atoms with Crippen LogP contribution in [-0.4, -0.2) is 41.3 Å². The summed E-state index contributed by atoms with van der Waals surface area (Å²) < 4.78 is 11.1. The number of rotatable bonds is 4. The predicted octanol–water partition coefficient (Wildman–Crippen LogP) is -0.131. The fourth-order valence-corrected chi connectivity index (χ4v) is 2.98. The Morgan fingerprint density at radius 1 is 1.47 bits per heavy atom. The number of hydrogen-bond acceptors (Lipinski definition) is 3. The van der Waals surface area contributed by atoms with E-state index in [9.17, 15) is 9.00 Å². The van der Waals surface area contributed by atoms with Gasteiger partial charge in [0.05, 0.1) is 0 Å². The molecule has 1 aliphatic rings. The number of nitrogens with one attached hydrogen (secondary N) is 2. The van der Waals surface area contributed by atoms with Crippen LogP contribution in [0.5, 0.6) is 0 Å². The zero-order valence-corrected chi connectivity index (χ0v) is 10.2. The predicted molar refractivity (Wildman–Crippen MR) is 62.1 cm³/mol. The molecule has 0 bridgehead atoms. The Morgan fingerprint density at radius 3 is 2.60 bits per heavy atom. The first-order valence-corrected chi connectivity index (χ1v) is 6.92. The third-order valence-corrected chi connectivity index (χ3v) is 4.07. The van der Waals surface area contributed by atoms with Gasteiger partial charge in [-0.25, -0.2) is 0 Å². The van der Waals surface area contributed by atoms with Crippen molar-refractivity contribution < 1.29 is 9.00 Å². The molecule has 2 N–H and O–H groups in total. The van der Waals surface area contributed by atoms with Gasteiger partial charge in [-0.15, -0.1) is 0 Å². The Bertz CT molecular complexity index is 236. The quantitative estimate of drug-likeness (QED) is 0.710. The maximum absolute atomic E-state index is 11.7. The average molecular weight is 232 g/mol. The van der Waals surface area contributed by atoms with Crippen LogP contribution in [-0.2, 0) is 15.6 Å². The minimum Gasteiger partial charge on any atom is -0.353 e. The van der Waals surface area contributed by atoms with Gasteiger partial charge >= 0.3 is 0 Å². The molecular weight excluding hydrogens is 212 g/mol. The largest absolute Gasteiger partial charge is 0.353 e. The number of carbonyl (C=O) groups excluding carboxylic acids is 1. The van der Waals surface area contributed by atoms with Gasteiger partial charge in [0.2, 0.25) is 5.91 Å². The summed E-state index contributed by atoms with van der Waals surface area (Å²) in [6.45, 7) is 2.61. The van der Waals surface area contributed by atoms with E-state index in [0.717, 1.165) is 24.3 Å². The lowest BCUT2D eigenvalue weighted by atomic mass is 10.1. The Morgan fingerprint density at radius 2 is 2.07 bits per heavy atom. The van der Waals surface area contributed by atoms with Crippen LogP contribution in [0.15, 0.2) is 0 Å². The molecule has 1 atom stereocenters. The van der Waals surface area contributed by atoms with Crippen molar-refractivity contribution in [2.24, 2.45) is 5.92 Å². The summed E-state index contributed by atoms with van der Waals surface area (Å²) in [6, 6.07) is 0.231. The number of carbonyl (C=O) groups is 1. The summed E-state index contributed by atoms with van der Waals surface area (Å²) in [5.41, 5.74) is 0. The highest BCUT2D eigenvalue weighted by Gasteiger charge is 2.21. The molecule has 1 rings (SSSR count). The highest BCUT2D eigenvalue weighted by atomic mass is 32.2. The van der Waals surface area contributed by atoms with Gasteiger partial charge in [0, 0.05) is 40.8 Å². The number of amides is 1. The molecule has 1 fully saturated rings. The smallest absolute Gasteiger partial charge is 0.224 e. The summed E-state index contributed by atoms with van der Waals surface area (Å²) in [6.07, 6.45) is 1.70. The Kier molecular flexibility index (Phi) is 5.25. The van der Waals surface area contributed by atoms with Gasteiger partial charge in [-0.2, -0.15) is 0 Å². The van der Waals surface area contributed by atoms with Gasteiger partial charge in [-0.05, 0) is 19.9 Å². The molecule has 0 aromatic rings. The molecule has 5 heteroatoms. The van der Waals surface area contributed by atoms with E-state index < -0.39 is 10.8 Å². The summed E-state index contributed by atoms with van der Waals surface area (Å²) in [5.74, 6) is 1.56. The fourth-order valence-electron chi connectivity index (χ4n) is 1.68.